The zero-order valence-electron chi connectivity index (χ0n) is 13.4. The Labute approximate surface area is 135 Å². The first-order valence-corrected chi connectivity index (χ1v) is 8.33. The maximum atomic E-state index is 12.4. The van der Waals surface area contributed by atoms with Crippen molar-refractivity contribution >= 4 is 0 Å². The molecule has 1 atom stereocenters. The highest BCUT2D eigenvalue weighted by molar-refractivity contribution is 5.43. The van der Waals surface area contributed by atoms with Gasteiger partial charge in [-0.15, -0.1) is 0 Å². The molecule has 1 heterocycles. The zero-order valence-corrected chi connectivity index (χ0v) is 13.4. The molecule has 1 aromatic carbocycles. The molecule has 128 valence electrons. The number of nitrogens with one attached hydrogen (secondary N) is 1. The molecule has 0 aromatic heterocycles. The molecule has 1 aliphatic carbocycles. The number of benzene rings is 1. The third kappa shape index (κ3) is 4.54. The van der Waals surface area contributed by atoms with Gasteiger partial charge in [-0.2, -0.15) is 8.78 Å². The van der Waals surface area contributed by atoms with Crippen molar-refractivity contribution in [3.63, 3.8) is 0 Å². The van der Waals surface area contributed by atoms with Gasteiger partial charge in [0.05, 0.1) is 6.61 Å². The Bertz CT molecular complexity index is 523. The van der Waals surface area contributed by atoms with Crippen LogP contribution in [0.5, 0.6) is 11.5 Å². The molecule has 1 N–H and O–H groups in total. The lowest BCUT2D eigenvalue weighted by molar-refractivity contribution is -0.0514. The summed E-state index contributed by atoms with van der Waals surface area (Å²) in [4.78, 5) is 2.56. The molecular formula is C17H24F2N2O2. The van der Waals surface area contributed by atoms with Crippen molar-refractivity contribution in [2.24, 2.45) is 0 Å². The molecule has 1 aliphatic heterocycles. The van der Waals surface area contributed by atoms with Crippen LogP contribution in [-0.4, -0.2) is 43.3 Å². The quantitative estimate of drug-likeness (QED) is 0.796. The van der Waals surface area contributed by atoms with Crippen molar-refractivity contribution in [2.45, 2.75) is 51.4 Å². The summed E-state index contributed by atoms with van der Waals surface area (Å²) in [5.74, 6) is 0.463. The van der Waals surface area contributed by atoms with Gasteiger partial charge in [0.15, 0.2) is 11.5 Å². The molecule has 0 spiro atoms. The van der Waals surface area contributed by atoms with Crippen molar-refractivity contribution < 1.29 is 18.3 Å². The largest absolute Gasteiger partial charge is 0.490 e. The van der Waals surface area contributed by atoms with Crippen LogP contribution in [0.25, 0.3) is 0 Å². The molecule has 3 rings (SSSR count). The number of halogens is 2. The minimum atomic E-state index is -2.84. The summed E-state index contributed by atoms with van der Waals surface area (Å²) in [6, 6.07) is 6.46. The van der Waals surface area contributed by atoms with Crippen molar-refractivity contribution in [1.29, 1.82) is 0 Å². The van der Waals surface area contributed by atoms with E-state index in [1.807, 2.05) is 6.92 Å². The molecule has 1 saturated heterocycles. The smallest absolute Gasteiger partial charge is 0.387 e. The molecule has 1 aromatic rings. The van der Waals surface area contributed by atoms with Gasteiger partial charge >= 0.3 is 6.61 Å². The van der Waals surface area contributed by atoms with E-state index >= 15 is 0 Å². The van der Waals surface area contributed by atoms with Crippen LogP contribution in [0.15, 0.2) is 18.2 Å². The van der Waals surface area contributed by atoms with Crippen LogP contribution in [0.2, 0.25) is 0 Å². The normalized spacial score (nSPS) is 21.8. The monoisotopic (exact) mass is 326 g/mol. The number of ether oxygens (including phenoxy) is 2. The second kappa shape index (κ2) is 7.45. The summed E-state index contributed by atoms with van der Waals surface area (Å²) >= 11 is 0. The van der Waals surface area contributed by atoms with Gasteiger partial charge < -0.3 is 14.8 Å². The minimum Gasteiger partial charge on any atom is -0.490 e. The molecule has 0 bridgehead atoms. The molecule has 23 heavy (non-hydrogen) atoms. The van der Waals surface area contributed by atoms with Crippen molar-refractivity contribution in [3.8, 4) is 11.5 Å². The Kier molecular flexibility index (Phi) is 5.33. The van der Waals surface area contributed by atoms with Crippen LogP contribution in [0.4, 0.5) is 8.78 Å². The topological polar surface area (TPSA) is 33.7 Å². The fourth-order valence-electron chi connectivity index (χ4n) is 3.11. The Hall–Kier alpha value is -1.40. The summed E-state index contributed by atoms with van der Waals surface area (Å²) < 4.78 is 34.7. The maximum Gasteiger partial charge on any atom is 0.387 e. The van der Waals surface area contributed by atoms with Gasteiger partial charge in [0.2, 0.25) is 0 Å². The summed E-state index contributed by atoms with van der Waals surface area (Å²) in [5, 5.41) is 3.55. The van der Waals surface area contributed by atoms with Crippen molar-refractivity contribution in [2.75, 3.05) is 19.7 Å². The van der Waals surface area contributed by atoms with Crippen LogP contribution in [0.3, 0.4) is 0 Å². The summed E-state index contributed by atoms with van der Waals surface area (Å²) in [6.45, 7) is 2.38. The first kappa shape index (κ1) is 16.5. The maximum absolute atomic E-state index is 12.4. The number of likely N-dealkylation sites (tertiary alicyclic amines) is 1. The van der Waals surface area contributed by atoms with E-state index in [0.717, 1.165) is 18.2 Å². The first-order chi connectivity index (χ1) is 11.2. The highest BCUT2D eigenvalue weighted by Gasteiger charge is 2.34. The number of nitrogens with zero attached hydrogens (tertiary/aromatic N) is 1. The SMILES string of the molecule is CCOc1cc(CNC2CCN(C3CC3)C2)ccc1OC(F)F. The third-order valence-electron chi connectivity index (χ3n) is 4.40. The van der Waals surface area contributed by atoms with Crippen LogP contribution >= 0.6 is 0 Å². The predicted molar refractivity (Wildman–Crippen MR) is 84.1 cm³/mol. The van der Waals surface area contributed by atoms with E-state index in [9.17, 15) is 8.78 Å². The standard InChI is InChI=1S/C17H24F2N2O2/c1-2-22-16-9-12(3-6-15(16)23-17(18)19)10-20-13-7-8-21(11-13)14-4-5-14/h3,6,9,13-14,17,20H,2,4-5,7-8,10-11H2,1H3. The molecule has 0 amide bonds. The number of rotatable bonds is 8. The summed E-state index contributed by atoms with van der Waals surface area (Å²) in [7, 11) is 0. The Morgan fingerprint density at radius 3 is 2.78 bits per heavy atom. The van der Waals surface area contributed by atoms with Crippen LogP contribution in [0.1, 0.15) is 31.7 Å². The average Bonchev–Trinajstić information content (AvgIpc) is 3.26. The summed E-state index contributed by atoms with van der Waals surface area (Å²) in [6.07, 6.45) is 3.85. The fourth-order valence-corrected chi connectivity index (χ4v) is 3.11. The fraction of sp³-hybridized carbons (Fsp3) is 0.647. The number of hydrogen-bond donors (Lipinski definition) is 1. The second-order valence-electron chi connectivity index (χ2n) is 6.19. The van der Waals surface area contributed by atoms with E-state index in [-0.39, 0.29) is 5.75 Å². The average molecular weight is 326 g/mol. The van der Waals surface area contributed by atoms with Gasteiger partial charge in [0.25, 0.3) is 0 Å². The van der Waals surface area contributed by atoms with Gasteiger partial charge in [-0.25, -0.2) is 0 Å². The van der Waals surface area contributed by atoms with E-state index < -0.39 is 6.61 Å². The Morgan fingerprint density at radius 1 is 1.26 bits per heavy atom. The van der Waals surface area contributed by atoms with Gasteiger partial charge in [-0.05, 0) is 43.9 Å². The van der Waals surface area contributed by atoms with Crippen LogP contribution < -0.4 is 14.8 Å². The molecule has 2 aliphatic rings. The highest BCUT2D eigenvalue weighted by Crippen LogP contribution is 2.31. The molecule has 1 unspecified atom stereocenters. The van der Waals surface area contributed by atoms with Gasteiger partial charge in [-0.3, -0.25) is 4.90 Å². The Morgan fingerprint density at radius 2 is 2.09 bits per heavy atom. The molecule has 6 heteroatoms. The molecule has 4 nitrogen and oxygen atoms in total. The van der Waals surface area contributed by atoms with E-state index in [0.29, 0.717) is 24.9 Å². The zero-order chi connectivity index (χ0) is 16.2. The van der Waals surface area contributed by atoms with Gasteiger partial charge in [0.1, 0.15) is 0 Å². The molecule has 2 fully saturated rings. The van der Waals surface area contributed by atoms with E-state index in [1.54, 1.807) is 18.2 Å². The predicted octanol–water partition coefficient (Wildman–Crippen LogP) is 3.01. The summed E-state index contributed by atoms with van der Waals surface area (Å²) in [5.41, 5.74) is 1.01. The number of hydrogen-bond acceptors (Lipinski definition) is 4. The van der Waals surface area contributed by atoms with Gasteiger partial charge in [0, 0.05) is 31.7 Å². The lowest BCUT2D eigenvalue weighted by atomic mass is 10.1. The highest BCUT2D eigenvalue weighted by atomic mass is 19.3. The number of alkyl halides is 2. The van der Waals surface area contributed by atoms with Crippen LogP contribution in [-0.2, 0) is 6.54 Å². The molecular weight excluding hydrogens is 302 g/mol. The van der Waals surface area contributed by atoms with E-state index in [1.165, 1.54) is 25.8 Å². The Balaban J connectivity index is 1.55. The lowest BCUT2D eigenvalue weighted by Crippen LogP contribution is -2.32. The van der Waals surface area contributed by atoms with Gasteiger partial charge in [-0.1, -0.05) is 6.07 Å². The minimum absolute atomic E-state index is 0.0892. The van der Waals surface area contributed by atoms with E-state index in [4.69, 9.17) is 4.74 Å². The lowest BCUT2D eigenvalue weighted by Gasteiger charge is -2.17. The molecule has 0 radical (unpaired) electrons. The first-order valence-electron chi connectivity index (χ1n) is 8.33. The third-order valence-corrected chi connectivity index (χ3v) is 4.40. The van der Waals surface area contributed by atoms with Crippen molar-refractivity contribution in [1.82, 2.24) is 10.2 Å². The second-order valence-corrected chi connectivity index (χ2v) is 6.19. The molecule has 1 saturated carbocycles. The van der Waals surface area contributed by atoms with Crippen molar-refractivity contribution in [3.05, 3.63) is 23.8 Å². The van der Waals surface area contributed by atoms with Crippen LogP contribution in [0, 0.1) is 0 Å². The van der Waals surface area contributed by atoms with E-state index in [2.05, 4.69) is 15.0 Å².